The van der Waals surface area contributed by atoms with Gasteiger partial charge in [0, 0.05) is 23.8 Å². The molecule has 0 radical (unpaired) electrons. The van der Waals surface area contributed by atoms with Crippen LogP contribution in [0.25, 0.3) is 10.8 Å². The van der Waals surface area contributed by atoms with Crippen LogP contribution >= 0.6 is 0 Å². The summed E-state index contributed by atoms with van der Waals surface area (Å²) in [4.78, 5) is 50.1. The Morgan fingerprint density at radius 2 is 1.35 bits per heavy atom. The van der Waals surface area contributed by atoms with Crippen LogP contribution in [0.4, 0.5) is 0 Å². The van der Waals surface area contributed by atoms with Gasteiger partial charge >= 0.3 is 0 Å². The quantitative estimate of drug-likeness (QED) is 0.330. The Hall–Kier alpha value is -4.59. The summed E-state index contributed by atoms with van der Waals surface area (Å²) in [6.07, 6.45) is -0.0788. The standard InChI is InChI=1S/C26H22N4O4/c31-22(19-11-5-2-6-12-19)15-16-23(32)27-28-25(33)24-20-13-7-8-14-21(20)26(34)30(29-24)17-18-9-3-1-4-10-18/h1-14H,15-17H2,(H,27,32)(H,28,33). The SMILES string of the molecule is O=C(CCC(=O)c1ccccc1)NNC(=O)c1nn(Cc2ccccc2)c(=O)c2ccccc12. The van der Waals surface area contributed by atoms with Crippen LogP contribution in [-0.2, 0) is 11.3 Å². The number of aromatic nitrogens is 2. The lowest BCUT2D eigenvalue weighted by Crippen LogP contribution is -2.43. The summed E-state index contributed by atoms with van der Waals surface area (Å²) in [5, 5.41) is 5.00. The highest BCUT2D eigenvalue weighted by Crippen LogP contribution is 2.14. The fraction of sp³-hybridized carbons (Fsp3) is 0.115. The first-order valence-electron chi connectivity index (χ1n) is 10.7. The van der Waals surface area contributed by atoms with Crippen molar-refractivity contribution in [3.05, 3.63) is 112 Å². The number of ketones is 1. The molecule has 0 bridgehead atoms. The number of carbonyl (C=O) groups excluding carboxylic acids is 3. The predicted molar refractivity (Wildman–Crippen MR) is 127 cm³/mol. The molecule has 0 aliphatic rings. The summed E-state index contributed by atoms with van der Waals surface area (Å²) in [7, 11) is 0. The van der Waals surface area contributed by atoms with E-state index in [9.17, 15) is 19.2 Å². The molecule has 8 heteroatoms. The number of fused-ring (bicyclic) bond motifs is 1. The molecule has 2 N–H and O–H groups in total. The fourth-order valence-corrected chi connectivity index (χ4v) is 3.51. The van der Waals surface area contributed by atoms with E-state index in [4.69, 9.17) is 0 Å². The second-order valence-electron chi connectivity index (χ2n) is 7.63. The number of carbonyl (C=O) groups is 3. The molecule has 0 unspecified atom stereocenters. The predicted octanol–water partition coefficient (Wildman–Crippen LogP) is 2.87. The van der Waals surface area contributed by atoms with Crippen LogP contribution in [0.5, 0.6) is 0 Å². The van der Waals surface area contributed by atoms with Gasteiger partial charge in [-0.3, -0.25) is 30.0 Å². The van der Waals surface area contributed by atoms with Gasteiger partial charge < -0.3 is 0 Å². The Labute approximate surface area is 195 Å². The Morgan fingerprint density at radius 3 is 2.06 bits per heavy atom. The molecule has 0 saturated heterocycles. The Bertz CT molecular complexity index is 1400. The van der Waals surface area contributed by atoms with E-state index in [1.807, 2.05) is 30.3 Å². The van der Waals surface area contributed by atoms with Crippen LogP contribution < -0.4 is 16.4 Å². The average Bonchev–Trinajstić information content (AvgIpc) is 2.88. The van der Waals surface area contributed by atoms with Crippen LogP contribution in [-0.4, -0.2) is 27.4 Å². The van der Waals surface area contributed by atoms with Gasteiger partial charge in [0.25, 0.3) is 11.5 Å². The summed E-state index contributed by atoms with van der Waals surface area (Å²) in [6.45, 7) is 0.193. The molecule has 0 fully saturated rings. The van der Waals surface area contributed by atoms with E-state index in [1.54, 1.807) is 54.6 Å². The molecule has 34 heavy (non-hydrogen) atoms. The molecule has 0 aliphatic carbocycles. The van der Waals surface area contributed by atoms with Crippen molar-refractivity contribution in [2.75, 3.05) is 0 Å². The highest BCUT2D eigenvalue weighted by Gasteiger charge is 2.18. The number of benzene rings is 3. The zero-order chi connectivity index (χ0) is 23.9. The number of hydrazine groups is 1. The van der Waals surface area contributed by atoms with E-state index in [-0.39, 0.29) is 36.4 Å². The molecular formula is C26H22N4O4. The molecule has 1 heterocycles. The first-order chi connectivity index (χ1) is 16.5. The van der Waals surface area contributed by atoms with Gasteiger partial charge in [-0.1, -0.05) is 78.9 Å². The van der Waals surface area contributed by atoms with Crippen molar-refractivity contribution in [3.63, 3.8) is 0 Å². The zero-order valence-corrected chi connectivity index (χ0v) is 18.2. The normalized spacial score (nSPS) is 10.6. The maximum atomic E-state index is 12.9. The molecule has 8 nitrogen and oxygen atoms in total. The molecular weight excluding hydrogens is 432 g/mol. The molecule has 1 aromatic heterocycles. The fourth-order valence-electron chi connectivity index (χ4n) is 3.51. The average molecular weight is 454 g/mol. The van der Waals surface area contributed by atoms with E-state index in [0.717, 1.165) is 5.56 Å². The van der Waals surface area contributed by atoms with Crippen LogP contribution in [0.1, 0.15) is 39.3 Å². The monoisotopic (exact) mass is 454 g/mol. The summed E-state index contributed by atoms with van der Waals surface area (Å²) >= 11 is 0. The zero-order valence-electron chi connectivity index (χ0n) is 18.2. The van der Waals surface area contributed by atoms with Gasteiger partial charge in [-0.15, -0.1) is 0 Å². The van der Waals surface area contributed by atoms with Crippen molar-refractivity contribution in [2.45, 2.75) is 19.4 Å². The van der Waals surface area contributed by atoms with E-state index in [0.29, 0.717) is 16.3 Å². The molecule has 0 saturated carbocycles. The van der Waals surface area contributed by atoms with Gasteiger partial charge in [0.15, 0.2) is 11.5 Å². The minimum absolute atomic E-state index is 0.00629. The van der Waals surface area contributed by atoms with Gasteiger partial charge in [-0.25, -0.2) is 4.68 Å². The minimum Gasteiger partial charge on any atom is -0.294 e. The largest absolute Gasteiger partial charge is 0.294 e. The first-order valence-corrected chi connectivity index (χ1v) is 10.7. The lowest BCUT2D eigenvalue weighted by Gasteiger charge is -2.12. The Balaban J connectivity index is 1.47. The van der Waals surface area contributed by atoms with E-state index < -0.39 is 11.8 Å². The minimum atomic E-state index is -0.666. The molecule has 170 valence electrons. The van der Waals surface area contributed by atoms with Crippen molar-refractivity contribution in [2.24, 2.45) is 0 Å². The number of rotatable bonds is 7. The third-order valence-corrected chi connectivity index (χ3v) is 5.25. The van der Waals surface area contributed by atoms with E-state index in [1.165, 1.54) is 4.68 Å². The highest BCUT2D eigenvalue weighted by atomic mass is 16.2. The molecule has 0 spiro atoms. The molecule has 2 amide bonds. The number of Topliss-reactive ketones (excluding diaryl/α,β-unsaturated/α-hetero) is 1. The molecule has 0 aliphatic heterocycles. The van der Waals surface area contributed by atoms with Gasteiger partial charge in [0.2, 0.25) is 5.91 Å². The summed E-state index contributed by atoms with van der Waals surface area (Å²) in [5.41, 5.74) is 5.72. The first kappa shape index (κ1) is 22.6. The van der Waals surface area contributed by atoms with E-state index in [2.05, 4.69) is 16.0 Å². The molecule has 3 aromatic carbocycles. The van der Waals surface area contributed by atoms with Crippen LogP contribution in [0.3, 0.4) is 0 Å². The molecule has 4 rings (SSSR count). The second-order valence-corrected chi connectivity index (χ2v) is 7.63. The van der Waals surface area contributed by atoms with Gasteiger partial charge in [0.05, 0.1) is 11.9 Å². The lowest BCUT2D eigenvalue weighted by molar-refractivity contribution is -0.121. The van der Waals surface area contributed by atoms with Crippen molar-refractivity contribution >= 4 is 28.4 Å². The van der Waals surface area contributed by atoms with Gasteiger partial charge in [-0.2, -0.15) is 5.10 Å². The Kier molecular flexibility index (Phi) is 6.88. The smallest absolute Gasteiger partial charge is 0.290 e. The third-order valence-electron chi connectivity index (χ3n) is 5.25. The van der Waals surface area contributed by atoms with Crippen LogP contribution in [0.2, 0.25) is 0 Å². The second kappa shape index (κ2) is 10.4. The van der Waals surface area contributed by atoms with Crippen LogP contribution in [0.15, 0.2) is 89.7 Å². The van der Waals surface area contributed by atoms with Crippen molar-refractivity contribution < 1.29 is 14.4 Å². The highest BCUT2D eigenvalue weighted by molar-refractivity contribution is 6.05. The maximum Gasteiger partial charge on any atom is 0.290 e. The Morgan fingerprint density at radius 1 is 0.735 bits per heavy atom. The summed E-state index contributed by atoms with van der Waals surface area (Å²) < 4.78 is 1.23. The number of nitrogens with zero attached hydrogens (tertiary/aromatic N) is 2. The molecule has 4 aromatic rings. The van der Waals surface area contributed by atoms with Gasteiger partial charge in [-0.05, 0) is 11.6 Å². The lowest BCUT2D eigenvalue weighted by atomic mass is 10.1. The number of hydrogen-bond donors (Lipinski definition) is 2. The topological polar surface area (TPSA) is 110 Å². The van der Waals surface area contributed by atoms with Gasteiger partial charge in [0.1, 0.15) is 0 Å². The molecule has 0 atom stereocenters. The van der Waals surface area contributed by atoms with Crippen LogP contribution in [0, 0.1) is 0 Å². The van der Waals surface area contributed by atoms with Crippen molar-refractivity contribution in [1.82, 2.24) is 20.6 Å². The maximum absolute atomic E-state index is 12.9. The van der Waals surface area contributed by atoms with E-state index >= 15 is 0 Å². The summed E-state index contributed by atoms with van der Waals surface area (Å²) in [6, 6.07) is 24.7. The van der Waals surface area contributed by atoms with Crippen molar-refractivity contribution in [3.8, 4) is 0 Å². The number of nitrogens with one attached hydrogen (secondary N) is 2. The number of hydrogen-bond acceptors (Lipinski definition) is 5. The summed E-state index contributed by atoms with van der Waals surface area (Å²) in [5.74, 6) is -1.34. The number of amides is 2. The third kappa shape index (κ3) is 5.24. The van der Waals surface area contributed by atoms with Crippen molar-refractivity contribution in [1.29, 1.82) is 0 Å².